The fourth-order valence-electron chi connectivity index (χ4n) is 4.31. The highest BCUT2D eigenvalue weighted by molar-refractivity contribution is 7.89. The van der Waals surface area contributed by atoms with Crippen LogP contribution < -0.4 is 0 Å². The van der Waals surface area contributed by atoms with Crippen molar-refractivity contribution in [3.05, 3.63) is 46.5 Å². The van der Waals surface area contributed by atoms with Gasteiger partial charge in [-0.05, 0) is 51.8 Å². The molecule has 0 spiro atoms. The van der Waals surface area contributed by atoms with Crippen LogP contribution in [0.15, 0.2) is 32.0 Å². The molecule has 1 fully saturated rings. The molecule has 2 aromatic heterocycles. The molecule has 1 aliphatic heterocycles. The van der Waals surface area contributed by atoms with Gasteiger partial charge < -0.3 is 13.7 Å². The first-order chi connectivity index (χ1) is 14.8. The van der Waals surface area contributed by atoms with E-state index in [4.69, 9.17) is 13.7 Å². The van der Waals surface area contributed by atoms with Crippen molar-refractivity contribution in [1.82, 2.24) is 9.46 Å². The highest BCUT2D eigenvalue weighted by Gasteiger charge is 2.39. The summed E-state index contributed by atoms with van der Waals surface area (Å²) in [6.45, 7) is 7.91. The van der Waals surface area contributed by atoms with Crippen molar-refractivity contribution < 1.29 is 26.9 Å². The molecule has 0 amide bonds. The lowest BCUT2D eigenvalue weighted by atomic mass is 10.0. The first-order valence-electron chi connectivity index (χ1n) is 10.5. The zero-order valence-electron chi connectivity index (χ0n) is 18.1. The Labute approximate surface area is 181 Å². The second-order valence-corrected chi connectivity index (χ2v) is 9.56. The summed E-state index contributed by atoms with van der Waals surface area (Å²) in [6.07, 6.45) is 2.13. The van der Waals surface area contributed by atoms with Gasteiger partial charge in [0.15, 0.2) is 0 Å². The summed E-state index contributed by atoms with van der Waals surface area (Å²) in [5.41, 5.74) is 2.60. The number of furan rings is 1. The van der Waals surface area contributed by atoms with E-state index in [0.29, 0.717) is 35.9 Å². The lowest BCUT2D eigenvalue weighted by molar-refractivity contribution is 0.0491. The van der Waals surface area contributed by atoms with Gasteiger partial charge >= 0.3 is 5.97 Å². The number of nitrogens with zero attached hydrogens (tertiary/aromatic N) is 2. The molecular formula is C22H26N2O6S. The van der Waals surface area contributed by atoms with E-state index in [1.807, 2.05) is 13.8 Å². The van der Waals surface area contributed by atoms with E-state index in [-0.39, 0.29) is 23.3 Å². The largest absolute Gasteiger partial charge is 0.460 e. The van der Waals surface area contributed by atoms with Gasteiger partial charge in [-0.1, -0.05) is 12.1 Å². The molecule has 0 saturated carbocycles. The number of sulfonamides is 1. The molecule has 1 aromatic carbocycles. The van der Waals surface area contributed by atoms with Crippen molar-refractivity contribution in [2.45, 2.75) is 57.9 Å². The van der Waals surface area contributed by atoms with Gasteiger partial charge in [0.25, 0.3) is 0 Å². The first kappa shape index (κ1) is 21.6. The molecule has 166 valence electrons. The van der Waals surface area contributed by atoms with Crippen LogP contribution in [-0.4, -0.2) is 37.0 Å². The number of hydrogen-bond donors (Lipinski definition) is 0. The van der Waals surface area contributed by atoms with Crippen LogP contribution >= 0.6 is 0 Å². The van der Waals surface area contributed by atoms with Crippen molar-refractivity contribution in [2.75, 3.05) is 13.2 Å². The minimum absolute atomic E-state index is 0.0955. The average molecular weight is 447 g/mol. The molecule has 0 radical (unpaired) electrons. The van der Waals surface area contributed by atoms with Crippen LogP contribution in [-0.2, 0) is 21.2 Å². The number of ether oxygens (including phenoxy) is 1. The maximum Gasteiger partial charge on any atom is 0.374 e. The molecule has 0 unspecified atom stereocenters. The Kier molecular flexibility index (Phi) is 5.65. The molecule has 9 heteroatoms. The molecule has 31 heavy (non-hydrogen) atoms. The average Bonchev–Trinajstić information content (AvgIpc) is 3.45. The first-order valence-corrected chi connectivity index (χ1v) is 11.9. The van der Waals surface area contributed by atoms with Gasteiger partial charge in [-0.3, -0.25) is 0 Å². The standard InChI is InChI=1S/C22H26N2O6S/c1-5-18-20(14(4)23-30-18)17-8-7-11-24(17)31(26,27)15-9-10-19-16(12-15)13(3)21(29-19)22(25)28-6-2/h9-10,12,17H,5-8,11H2,1-4H3/t17-/m0/s1. The van der Waals surface area contributed by atoms with Gasteiger partial charge in [-0.25, -0.2) is 13.2 Å². The van der Waals surface area contributed by atoms with Gasteiger partial charge in [0.1, 0.15) is 11.3 Å². The molecule has 8 nitrogen and oxygen atoms in total. The minimum Gasteiger partial charge on any atom is -0.460 e. The number of hydrogen-bond acceptors (Lipinski definition) is 7. The highest BCUT2D eigenvalue weighted by atomic mass is 32.2. The Balaban J connectivity index is 1.75. The lowest BCUT2D eigenvalue weighted by Gasteiger charge is -2.24. The van der Waals surface area contributed by atoms with E-state index in [0.717, 1.165) is 23.4 Å². The SMILES string of the molecule is CCOC(=O)c1oc2ccc(S(=O)(=O)N3CCC[C@H]3c3c(C)noc3CC)cc2c1C. The highest BCUT2D eigenvalue weighted by Crippen LogP contribution is 2.40. The molecule has 3 heterocycles. The number of rotatable bonds is 6. The van der Waals surface area contributed by atoms with Gasteiger partial charge in [-0.15, -0.1) is 0 Å². The number of fused-ring (bicyclic) bond motifs is 1. The Morgan fingerprint density at radius 3 is 2.77 bits per heavy atom. The van der Waals surface area contributed by atoms with Crippen LogP contribution in [0.25, 0.3) is 11.0 Å². The van der Waals surface area contributed by atoms with Gasteiger partial charge in [-0.2, -0.15) is 4.31 Å². The third-order valence-electron chi connectivity index (χ3n) is 5.82. The third kappa shape index (κ3) is 3.55. The molecule has 3 aromatic rings. The van der Waals surface area contributed by atoms with E-state index >= 15 is 0 Å². The summed E-state index contributed by atoms with van der Waals surface area (Å²) in [5, 5.41) is 4.63. The predicted octanol–water partition coefficient (Wildman–Crippen LogP) is 4.30. The lowest BCUT2D eigenvalue weighted by Crippen LogP contribution is -2.31. The smallest absolute Gasteiger partial charge is 0.374 e. The number of aryl methyl sites for hydroxylation is 3. The van der Waals surface area contributed by atoms with E-state index in [9.17, 15) is 13.2 Å². The van der Waals surface area contributed by atoms with E-state index in [1.165, 1.54) is 10.4 Å². The molecule has 1 atom stereocenters. The summed E-state index contributed by atoms with van der Waals surface area (Å²) in [5.74, 6) is 0.262. The molecule has 4 rings (SSSR count). The summed E-state index contributed by atoms with van der Waals surface area (Å²) >= 11 is 0. The molecule has 0 aliphatic carbocycles. The number of carbonyl (C=O) groups is 1. The normalized spacial score (nSPS) is 17.5. The summed E-state index contributed by atoms with van der Waals surface area (Å²) in [7, 11) is -3.78. The van der Waals surface area contributed by atoms with Crippen LogP contribution in [0.3, 0.4) is 0 Å². The van der Waals surface area contributed by atoms with Gasteiger partial charge in [0.05, 0.1) is 23.2 Å². The third-order valence-corrected chi connectivity index (χ3v) is 7.72. The number of esters is 1. The van der Waals surface area contributed by atoms with E-state index < -0.39 is 16.0 Å². The quantitative estimate of drug-likeness (QED) is 0.520. The minimum atomic E-state index is -3.78. The number of benzene rings is 1. The van der Waals surface area contributed by atoms with Gasteiger partial charge in [0.2, 0.25) is 15.8 Å². The fourth-order valence-corrected chi connectivity index (χ4v) is 6.00. The molecule has 0 bridgehead atoms. The maximum absolute atomic E-state index is 13.6. The van der Waals surface area contributed by atoms with E-state index in [2.05, 4.69) is 5.16 Å². The van der Waals surface area contributed by atoms with Crippen LogP contribution in [0.5, 0.6) is 0 Å². The zero-order chi connectivity index (χ0) is 22.3. The molecule has 1 saturated heterocycles. The maximum atomic E-state index is 13.6. The molecular weight excluding hydrogens is 420 g/mol. The van der Waals surface area contributed by atoms with Crippen LogP contribution in [0, 0.1) is 13.8 Å². The summed E-state index contributed by atoms with van der Waals surface area (Å²) < 4.78 is 44.8. The van der Waals surface area contributed by atoms with Crippen LogP contribution in [0.2, 0.25) is 0 Å². The summed E-state index contributed by atoms with van der Waals surface area (Å²) in [6, 6.07) is 4.38. The van der Waals surface area contributed by atoms with Crippen LogP contribution in [0.1, 0.15) is 65.9 Å². The summed E-state index contributed by atoms with van der Waals surface area (Å²) in [4.78, 5) is 12.3. The van der Waals surface area contributed by atoms with Crippen molar-refractivity contribution in [1.29, 1.82) is 0 Å². The second kappa shape index (κ2) is 8.12. The Hall–Kier alpha value is -2.65. The van der Waals surface area contributed by atoms with Crippen molar-refractivity contribution in [3.8, 4) is 0 Å². The Morgan fingerprint density at radius 2 is 2.06 bits per heavy atom. The van der Waals surface area contributed by atoms with Crippen LogP contribution in [0.4, 0.5) is 0 Å². The molecule has 0 N–H and O–H groups in total. The topological polar surface area (TPSA) is 103 Å². The Bertz CT molecular complexity index is 1240. The monoisotopic (exact) mass is 446 g/mol. The van der Waals surface area contributed by atoms with Crippen molar-refractivity contribution in [3.63, 3.8) is 0 Å². The second-order valence-electron chi connectivity index (χ2n) is 7.67. The van der Waals surface area contributed by atoms with E-state index in [1.54, 1.807) is 26.0 Å². The predicted molar refractivity (Wildman–Crippen MR) is 113 cm³/mol. The van der Waals surface area contributed by atoms with Gasteiger partial charge in [0, 0.05) is 29.5 Å². The number of aromatic nitrogens is 1. The fraction of sp³-hybridized carbons (Fsp3) is 0.455. The van der Waals surface area contributed by atoms with Crippen molar-refractivity contribution in [2.24, 2.45) is 0 Å². The Morgan fingerprint density at radius 1 is 1.29 bits per heavy atom. The van der Waals surface area contributed by atoms with Crippen molar-refractivity contribution >= 4 is 27.0 Å². The molecule has 1 aliphatic rings. The zero-order valence-corrected chi connectivity index (χ0v) is 18.9. The number of carbonyl (C=O) groups excluding carboxylic acids is 1.